The molecular formula is C22H25N3O3. The van der Waals surface area contributed by atoms with Crippen LogP contribution in [0.25, 0.3) is 5.65 Å². The van der Waals surface area contributed by atoms with Gasteiger partial charge >= 0.3 is 5.97 Å². The maximum Gasteiger partial charge on any atom is 0.338 e. The third-order valence-electron chi connectivity index (χ3n) is 4.56. The number of ether oxygens (including phenoxy) is 1. The van der Waals surface area contributed by atoms with E-state index < -0.39 is 5.97 Å². The summed E-state index contributed by atoms with van der Waals surface area (Å²) in [5.74, 6) is -0.434. The number of aryl methyl sites for hydroxylation is 1. The van der Waals surface area contributed by atoms with Crippen molar-refractivity contribution in [1.29, 1.82) is 0 Å². The predicted octanol–water partition coefficient (Wildman–Crippen LogP) is 3.60. The highest BCUT2D eigenvalue weighted by Gasteiger charge is 2.11. The zero-order valence-corrected chi connectivity index (χ0v) is 16.5. The molecule has 2 aromatic heterocycles. The normalized spacial score (nSPS) is 10.8. The molecule has 0 aliphatic rings. The fraction of sp³-hybridized carbons (Fsp3) is 0.318. The second-order valence-corrected chi connectivity index (χ2v) is 6.72. The van der Waals surface area contributed by atoms with E-state index in [0.29, 0.717) is 16.9 Å². The molecule has 0 bridgehead atoms. The highest BCUT2D eigenvalue weighted by molar-refractivity contribution is 5.89. The summed E-state index contributed by atoms with van der Waals surface area (Å²) in [5.41, 5.74) is 3.30. The molecule has 0 unspecified atom stereocenters. The van der Waals surface area contributed by atoms with E-state index in [0.717, 1.165) is 30.8 Å². The van der Waals surface area contributed by atoms with Gasteiger partial charge in [-0.15, -0.1) is 0 Å². The van der Waals surface area contributed by atoms with Gasteiger partial charge in [-0.2, -0.15) is 0 Å². The van der Waals surface area contributed by atoms with Crippen molar-refractivity contribution in [3.63, 3.8) is 0 Å². The summed E-state index contributed by atoms with van der Waals surface area (Å²) >= 11 is 0. The van der Waals surface area contributed by atoms with Crippen LogP contribution in [0.4, 0.5) is 5.69 Å². The Bertz CT molecular complexity index is 1030. The molecule has 6 heteroatoms. The zero-order valence-electron chi connectivity index (χ0n) is 16.5. The molecule has 3 rings (SSSR count). The van der Waals surface area contributed by atoms with E-state index in [-0.39, 0.29) is 12.2 Å². The largest absolute Gasteiger partial charge is 0.456 e. The van der Waals surface area contributed by atoms with Crippen molar-refractivity contribution in [3.05, 3.63) is 75.8 Å². The molecule has 0 N–H and O–H groups in total. The first-order chi connectivity index (χ1) is 13.5. The number of hydrogen-bond donors (Lipinski definition) is 0. The van der Waals surface area contributed by atoms with Gasteiger partial charge in [-0.05, 0) is 56.2 Å². The standard InChI is InChI=1S/C22H25N3O3/c1-4-12-24(5-2)19-9-7-17(8-10-19)22(27)28-15-18-13-21(26)25-14-16(3)6-11-20(25)23-18/h6-11,13-14H,4-5,12,15H2,1-3H3. The minimum absolute atomic E-state index is 0.0445. The Balaban J connectivity index is 1.69. The molecule has 0 fully saturated rings. The molecular weight excluding hydrogens is 354 g/mol. The van der Waals surface area contributed by atoms with Gasteiger partial charge in [0.05, 0.1) is 11.3 Å². The number of carbonyl (C=O) groups is 1. The molecule has 0 saturated carbocycles. The Labute approximate surface area is 164 Å². The minimum atomic E-state index is -0.434. The highest BCUT2D eigenvalue weighted by atomic mass is 16.5. The Morgan fingerprint density at radius 2 is 1.89 bits per heavy atom. The molecule has 1 aromatic carbocycles. The molecule has 0 radical (unpaired) electrons. The van der Waals surface area contributed by atoms with Gasteiger partial charge in [0, 0.05) is 31.0 Å². The van der Waals surface area contributed by atoms with E-state index in [2.05, 4.69) is 23.7 Å². The second kappa shape index (κ2) is 8.69. The van der Waals surface area contributed by atoms with Crippen LogP contribution < -0.4 is 10.5 Å². The minimum Gasteiger partial charge on any atom is -0.456 e. The Hall–Kier alpha value is -3.15. The van der Waals surface area contributed by atoms with Crippen LogP contribution >= 0.6 is 0 Å². The first-order valence-electron chi connectivity index (χ1n) is 9.53. The summed E-state index contributed by atoms with van der Waals surface area (Å²) in [4.78, 5) is 31.2. The zero-order chi connectivity index (χ0) is 20.1. The third kappa shape index (κ3) is 4.39. The Morgan fingerprint density at radius 1 is 1.14 bits per heavy atom. The molecule has 0 atom stereocenters. The molecule has 3 aromatic rings. The van der Waals surface area contributed by atoms with Gasteiger partial charge in [-0.3, -0.25) is 9.20 Å². The lowest BCUT2D eigenvalue weighted by Gasteiger charge is -2.22. The van der Waals surface area contributed by atoms with Gasteiger partial charge < -0.3 is 9.64 Å². The quantitative estimate of drug-likeness (QED) is 0.587. The van der Waals surface area contributed by atoms with E-state index in [1.165, 1.54) is 10.5 Å². The summed E-state index contributed by atoms with van der Waals surface area (Å²) in [5, 5.41) is 0. The number of esters is 1. The van der Waals surface area contributed by atoms with Crippen molar-refractivity contribution in [2.24, 2.45) is 0 Å². The van der Waals surface area contributed by atoms with E-state index in [1.54, 1.807) is 24.4 Å². The van der Waals surface area contributed by atoms with Crippen LogP contribution in [-0.2, 0) is 11.3 Å². The lowest BCUT2D eigenvalue weighted by molar-refractivity contribution is 0.0467. The third-order valence-corrected chi connectivity index (χ3v) is 4.56. The van der Waals surface area contributed by atoms with Gasteiger partial charge in [-0.25, -0.2) is 9.78 Å². The first-order valence-corrected chi connectivity index (χ1v) is 9.53. The van der Waals surface area contributed by atoms with E-state index >= 15 is 0 Å². The lowest BCUT2D eigenvalue weighted by Crippen LogP contribution is -2.23. The Kier molecular flexibility index (Phi) is 6.09. The molecule has 28 heavy (non-hydrogen) atoms. The summed E-state index contributed by atoms with van der Waals surface area (Å²) in [6.45, 7) is 8.01. The summed E-state index contributed by atoms with van der Waals surface area (Å²) in [6.07, 6.45) is 2.80. The number of nitrogens with zero attached hydrogens (tertiary/aromatic N) is 3. The monoisotopic (exact) mass is 379 g/mol. The summed E-state index contributed by atoms with van der Waals surface area (Å²) in [6, 6.07) is 12.4. The van der Waals surface area contributed by atoms with E-state index in [9.17, 15) is 9.59 Å². The molecule has 0 aliphatic carbocycles. The van der Waals surface area contributed by atoms with Crippen molar-refractivity contribution in [3.8, 4) is 0 Å². The van der Waals surface area contributed by atoms with Crippen LogP contribution in [0.1, 0.15) is 41.9 Å². The van der Waals surface area contributed by atoms with Crippen LogP contribution in [0.15, 0.2) is 53.5 Å². The SMILES string of the molecule is CCCN(CC)c1ccc(C(=O)OCc2cc(=O)n3cc(C)ccc3n2)cc1. The van der Waals surface area contributed by atoms with Crippen molar-refractivity contribution < 1.29 is 9.53 Å². The molecule has 0 saturated heterocycles. The molecule has 0 amide bonds. The van der Waals surface area contributed by atoms with Crippen molar-refractivity contribution in [1.82, 2.24) is 9.38 Å². The average molecular weight is 379 g/mol. The van der Waals surface area contributed by atoms with Crippen LogP contribution in [0.5, 0.6) is 0 Å². The van der Waals surface area contributed by atoms with Gasteiger partial charge in [0.15, 0.2) is 0 Å². The number of anilines is 1. The fourth-order valence-corrected chi connectivity index (χ4v) is 3.10. The maximum atomic E-state index is 12.3. The second-order valence-electron chi connectivity index (χ2n) is 6.72. The fourth-order valence-electron chi connectivity index (χ4n) is 3.10. The van der Waals surface area contributed by atoms with Crippen LogP contribution in [0.3, 0.4) is 0 Å². The van der Waals surface area contributed by atoms with E-state index in [1.807, 2.05) is 25.1 Å². The van der Waals surface area contributed by atoms with Crippen molar-refractivity contribution in [2.75, 3.05) is 18.0 Å². The van der Waals surface area contributed by atoms with Crippen molar-refractivity contribution >= 4 is 17.3 Å². The Morgan fingerprint density at radius 3 is 2.57 bits per heavy atom. The van der Waals surface area contributed by atoms with Gasteiger partial charge in [-0.1, -0.05) is 13.0 Å². The van der Waals surface area contributed by atoms with Crippen LogP contribution in [0, 0.1) is 6.92 Å². The number of aromatic nitrogens is 2. The highest BCUT2D eigenvalue weighted by Crippen LogP contribution is 2.16. The smallest absolute Gasteiger partial charge is 0.338 e. The van der Waals surface area contributed by atoms with Crippen LogP contribution in [-0.4, -0.2) is 28.4 Å². The number of pyridine rings is 1. The number of carbonyl (C=O) groups excluding carboxylic acids is 1. The summed E-state index contributed by atoms with van der Waals surface area (Å²) < 4.78 is 6.83. The number of rotatable bonds is 7. The van der Waals surface area contributed by atoms with Gasteiger partial charge in [0.1, 0.15) is 12.3 Å². The number of hydrogen-bond acceptors (Lipinski definition) is 5. The van der Waals surface area contributed by atoms with Gasteiger partial charge in [0.25, 0.3) is 5.56 Å². The van der Waals surface area contributed by atoms with Crippen molar-refractivity contribution in [2.45, 2.75) is 33.8 Å². The first kappa shape index (κ1) is 19.6. The van der Waals surface area contributed by atoms with E-state index in [4.69, 9.17) is 4.74 Å². The molecule has 2 heterocycles. The lowest BCUT2D eigenvalue weighted by atomic mass is 10.2. The van der Waals surface area contributed by atoms with Crippen LogP contribution in [0.2, 0.25) is 0 Å². The van der Waals surface area contributed by atoms with Gasteiger partial charge in [0.2, 0.25) is 0 Å². The average Bonchev–Trinajstić information content (AvgIpc) is 2.71. The molecule has 146 valence electrons. The number of benzene rings is 1. The predicted molar refractivity (Wildman–Crippen MR) is 110 cm³/mol. The summed E-state index contributed by atoms with van der Waals surface area (Å²) in [7, 11) is 0. The number of fused-ring (bicyclic) bond motifs is 1. The topological polar surface area (TPSA) is 63.9 Å². The molecule has 0 aliphatic heterocycles. The maximum absolute atomic E-state index is 12.3. The molecule has 6 nitrogen and oxygen atoms in total. The molecule has 0 spiro atoms.